The maximum atomic E-state index is 5.71. The number of ether oxygens (including phenoxy) is 2. The number of thiazole rings is 1. The Kier molecular flexibility index (Phi) is 4.18. The van der Waals surface area contributed by atoms with Gasteiger partial charge >= 0.3 is 0 Å². The van der Waals surface area contributed by atoms with Crippen LogP contribution in [0.3, 0.4) is 0 Å². The van der Waals surface area contributed by atoms with E-state index in [9.17, 15) is 0 Å². The van der Waals surface area contributed by atoms with E-state index >= 15 is 0 Å². The molecule has 0 atom stereocenters. The standard InChI is InChI=1S/C15H18N2O2S/c1-18-12-4-6-13(7-5-12)19-10-15-17-9-14(20-15)8-16-11-2-3-11/h4-7,9,11,16H,2-3,8,10H2,1H3. The van der Waals surface area contributed by atoms with Crippen molar-refractivity contribution in [2.45, 2.75) is 32.0 Å². The molecule has 3 rings (SSSR count). The first-order valence-electron chi connectivity index (χ1n) is 6.77. The Morgan fingerprint density at radius 3 is 2.70 bits per heavy atom. The largest absolute Gasteiger partial charge is 0.497 e. The Labute approximate surface area is 122 Å². The lowest BCUT2D eigenvalue weighted by Crippen LogP contribution is -2.14. The van der Waals surface area contributed by atoms with Crippen molar-refractivity contribution in [2.75, 3.05) is 7.11 Å². The number of nitrogens with zero attached hydrogens (tertiary/aromatic N) is 1. The van der Waals surface area contributed by atoms with Crippen LogP contribution in [0.4, 0.5) is 0 Å². The Balaban J connectivity index is 1.49. The van der Waals surface area contributed by atoms with Crippen molar-refractivity contribution in [3.8, 4) is 11.5 Å². The molecule has 4 nitrogen and oxygen atoms in total. The van der Waals surface area contributed by atoms with Crippen LogP contribution < -0.4 is 14.8 Å². The molecule has 0 aliphatic heterocycles. The van der Waals surface area contributed by atoms with E-state index in [1.807, 2.05) is 30.5 Å². The Bertz CT molecular complexity index is 549. The first kappa shape index (κ1) is 13.4. The second-order valence-corrected chi connectivity index (χ2v) is 6.04. The zero-order valence-electron chi connectivity index (χ0n) is 11.5. The summed E-state index contributed by atoms with van der Waals surface area (Å²) in [5.41, 5.74) is 0. The van der Waals surface area contributed by atoms with Gasteiger partial charge in [0.2, 0.25) is 0 Å². The molecular weight excluding hydrogens is 272 g/mol. The van der Waals surface area contributed by atoms with Gasteiger partial charge in [0.25, 0.3) is 0 Å². The quantitative estimate of drug-likeness (QED) is 0.851. The maximum absolute atomic E-state index is 5.71. The Morgan fingerprint density at radius 2 is 2.00 bits per heavy atom. The van der Waals surface area contributed by atoms with Gasteiger partial charge in [0.05, 0.1) is 7.11 Å². The van der Waals surface area contributed by atoms with Crippen LogP contribution in [-0.2, 0) is 13.2 Å². The fourth-order valence-electron chi connectivity index (χ4n) is 1.85. The first-order chi connectivity index (χ1) is 9.83. The zero-order valence-corrected chi connectivity index (χ0v) is 12.3. The third kappa shape index (κ3) is 3.71. The molecule has 5 heteroatoms. The minimum absolute atomic E-state index is 0.514. The second-order valence-electron chi connectivity index (χ2n) is 4.84. The molecule has 1 saturated carbocycles. The van der Waals surface area contributed by atoms with E-state index in [-0.39, 0.29) is 0 Å². The van der Waals surface area contributed by atoms with Gasteiger partial charge in [0.1, 0.15) is 23.1 Å². The van der Waals surface area contributed by atoms with Gasteiger partial charge in [-0.3, -0.25) is 0 Å². The summed E-state index contributed by atoms with van der Waals surface area (Å²) in [4.78, 5) is 5.66. The Morgan fingerprint density at radius 1 is 1.25 bits per heavy atom. The van der Waals surface area contributed by atoms with Crippen LogP contribution in [0.1, 0.15) is 22.7 Å². The third-order valence-corrected chi connectivity index (χ3v) is 4.14. The van der Waals surface area contributed by atoms with Crippen molar-refractivity contribution in [1.82, 2.24) is 10.3 Å². The first-order valence-corrected chi connectivity index (χ1v) is 7.59. The zero-order chi connectivity index (χ0) is 13.8. The third-order valence-electron chi connectivity index (χ3n) is 3.17. The van der Waals surface area contributed by atoms with Gasteiger partial charge in [0, 0.05) is 23.7 Å². The monoisotopic (exact) mass is 290 g/mol. The second kappa shape index (κ2) is 6.24. The highest BCUT2D eigenvalue weighted by Gasteiger charge is 2.20. The molecule has 0 spiro atoms. The van der Waals surface area contributed by atoms with Crippen LogP contribution in [0.25, 0.3) is 0 Å². The van der Waals surface area contributed by atoms with Crippen LogP contribution in [0, 0.1) is 0 Å². The number of hydrogen-bond acceptors (Lipinski definition) is 5. The minimum atomic E-state index is 0.514. The topological polar surface area (TPSA) is 43.4 Å². The number of benzene rings is 1. The van der Waals surface area contributed by atoms with E-state index in [4.69, 9.17) is 9.47 Å². The lowest BCUT2D eigenvalue weighted by atomic mass is 10.3. The van der Waals surface area contributed by atoms with E-state index in [1.54, 1.807) is 18.4 Å². The molecule has 20 heavy (non-hydrogen) atoms. The SMILES string of the molecule is COc1ccc(OCc2ncc(CNC3CC3)s2)cc1. The van der Waals surface area contributed by atoms with E-state index in [2.05, 4.69) is 10.3 Å². The van der Waals surface area contributed by atoms with Crippen molar-refractivity contribution in [1.29, 1.82) is 0 Å². The van der Waals surface area contributed by atoms with Crippen LogP contribution >= 0.6 is 11.3 Å². The van der Waals surface area contributed by atoms with Crippen molar-refractivity contribution in [3.05, 3.63) is 40.3 Å². The normalized spacial score (nSPS) is 14.2. The summed E-state index contributed by atoms with van der Waals surface area (Å²) < 4.78 is 10.8. The molecule has 0 unspecified atom stereocenters. The van der Waals surface area contributed by atoms with Crippen LogP contribution in [0.15, 0.2) is 30.5 Å². The summed E-state index contributed by atoms with van der Waals surface area (Å²) in [5.74, 6) is 1.67. The molecule has 1 aromatic carbocycles. The minimum Gasteiger partial charge on any atom is -0.497 e. The molecule has 0 amide bonds. The summed E-state index contributed by atoms with van der Waals surface area (Å²) >= 11 is 1.71. The average Bonchev–Trinajstić information content (AvgIpc) is 3.22. The van der Waals surface area contributed by atoms with Gasteiger partial charge < -0.3 is 14.8 Å². The smallest absolute Gasteiger partial charge is 0.140 e. The van der Waals surface area contributed by atoms with E-state index in [0.717, 1.165) is 29.1 Å². The summed E-state index contributed by atoms with van der Waals surface area (Å²) in [6.45, 7) is 1.44. The molecule has 0 saturated heterocycles. The number of hydrogen-bond donors (Lipinski definition) is 1. The highest BCUT2D eigenvalue weighted by Crippen LogP contribution is 2.22. The fraction of sp³-hybridized carbons (Fsp3) is 0.400. The van der Waals surface area contributed by atoms with Crippen LogP contribution in [-0.4, -0.2) is 18.1 Å². The molecular formula is C15H18N2O2S. The molecule has 1 aliphatic carbocycles. The lowest BCUT2D eigenvalue weighted by molar-refractivity contribution is 0.305. The van der Waals surface area contributed by atoms with E-state index in [0.29, 0.717) is 6.61 Å². The van der Waals surface area contributed by atoms with Gasteiger partial charge in [-0.05, 0) is 37.1 Å². The van der Waals surface area contributed by atoms with Gasteiger partial charge in [-0.2, -0.15) is 0 Å². The highest BCUT2D eigenvalue weighted by atomic mass is 32.1. The molecule has 0 bridgehead atoms. The van der Waals surface area contributed by atoms with Crippen molar-refractivity contribution in [3.63, 3.8) is 0 Å². The van der Waals surface area contributed by atoms with Gasteiger partial charge in [-0.25, -0.2) is 4.98 Å². The highest BCUT2D eigenvalue weighted by molar-refractivity contribution is 7.11. The molecule has 1 heterocycles. The van der Waals surface area contributed by atoms with E-state index in [1.165, 1.54) is 17.7 Å². The van der Waals surface area contributed by atoms with Gasteiger partial charge in [-0.15, -0.1) is 11.3 Å². The van der Waals surface area contributed by atoms with Gasteiger partial charge in [-0.1, -0.05) is 0 Å². The molecule has 1 aliphatic rings. The lowest BCUT2D eigenvalue weighted by Gasteiger charge is -2.05. The number of nitrogens with one attached hydrogen (secondary N) is 1. The molecule has 1 N–H and O–H groups in total. The fourth-order valence-corrected chi connectivity index (χ4v) is 2.63. The predicted octanol–water partition coefficient (Wildman–Crippen LogP) is 2.98. The molecule has 1 aromatic heterocycles. The van der Waals surface area contributed by atoms with Crippen LogP contribution in [0.2, 0.25) is 0 Å². The molecule has 2 aromatic rings. The van der Waals surface area contributed by atoms with Gasteiger partial charge in [0.15, 0.2) is 0 Å². The summed E-state index contributed by atoms with van der Waals surface area (Å²) in [6.07, 6.45) is 4.56. The summed E-state index contributed by atoms with van der Waals surface area (Å²) in [6, 6.07) is 8.32. The maximum Gasteiger partial charge on any atom is 0.140 e. The summed E-state index contributed by atoms with van der Waals surface area (Å²) in [5, 5.41) is 4.50. The predicted molar refractivity (Wildman–Crippen MR) is 79.3 cm³/mol. The molecule has 106 valence electrons. The summed E-state index contributed by atoms with van der Waals surface area (Å²) in [7, 11) is 1.66. The van der Waals surface area contributed by atoms with Crippen molar-refractivity contribution >= 4 is 11.3 Å². The number of aromatic nitrogens is 1. The number of rotatable bonds is 7. The average molecular weight is 290 g/mol. The van der Waals surface area contributed by atoms with Crippen molar-refractivity contribution < 1.29 is 9.47 Å². The molecule has 0 radical (unpaired) electrons. The Hall–Kier alpha value is -1.59. The van der Waals surface area contributed by atoms with Crippen molar-refractivity contribution in [2.24, 2.45) is 0 Å². The van der Waals surface area contributed by atoms with E-state index < -0.39 is 0 Å². The number of methoxy groups -OCH3 is 1. The van der Waals surface area contributed by atoms with Crippen LogP contribution in [0.5, 0.6) is 11.5 Å². The molecule has 1 fully saturated rings.